The Bertz CT molecular complexity index is 423. The monoisotopic (exact) mass is 231 g/mol. The van der Waals surface area contributed by atoms with Crippen LogP contribution in [0.3, 0.4) is 0 Å². The number of benzene rings is 1. The Morgan fingerprint density at radius 3 is 3.12 bits per heavy atom. The summed E-state index contributed by atoms with van der Waals surface area (Å²) in [4.78, 5) is 0. The van der Waals surface area contributed by atoms with E-state index in [1.807, 2.05) is 18.2 Å². The second-order valence-corrected chi connectivity index (χ2v) is 4.04. The molecule has 1 aliphatic heterocycles. The van der Waals surface area contributed by atoms with Crippen molar-refractivity contribution in [2.45, 2.75) is 32.4 Å². The molecule has 90 valence electrons. The zero-order chi connectivity index (χ0) is 12.1. The zero-order valence-corrected chi connectivity index (χ0v) is 10.0. The molecule has 1 unspecified atom stereocenters. The number of hydrogen-bond acceptors (Lipinski definition) is 3. The first-order valence-corrected chi connectivity index (χ1v) is 5.92. The van der Waals surface area contributed by atoms with Crippen LogP contribution in [0.4, 0.5) is 0 Å². The van der Waals surface area contributed by atoms with Gasteiger partial charge in [0.15, 0.2) is 11.5 Å². The molecule has 0 aliphatic carbocycles. The Morgan fingerprint density at radius 1 is 1.47 bits per heavy atom. The third kappa shape index (κ3) is 2.72. The van der Waals surface area contributed by atoms with E-state index in [1.165, 1.54) is 0 Å². The summed E-state index contributed by atoms with van der Waals surface area (Å²) in [6, 6.07) is 6.03. The Morgan fingerprint density at radius 2 is 2.35 bits per heavy atom. The number of nitrogens with one attached hydrogen (secondary N) is 1. The number of rotatable bonds is 5. The van der Waals surface area contributed by atoms with Gasteiger partial charge in [0, 0.05) is 12.1 Å². The molecule has 3 heteroatoms. The van der Waals surface area contributed by atoms with E-state index >= 15 is 0 Å². The summed E-state index contributed by atoms with van der Waals surface area (Å²) in [6.45, 7) is 3.14. The third-order valence-electron chi connectivity index (χ3n) is 2.80. The van der Waals surface area contributed by atoms with Crippen molar-refractivity contribution in [1.29, 1.82) is 0 Å². The van der Waals surface area contributed by atoms with Crippen LogP contribution in [-0.2, 0) is 6.54 Å². The van der Waals surface area contributed by atoms with Crippen molar-refractivity contribution in [3.63, 3.8) is 0 Å². The van der Waals surface area contributed by atoms with E-state index in [2.05, 4.69) is 18.2 Å². The van der Waals surface area contributed by atoms with Gasteiger partial charge in [-0.15, -0.1) is 6.42 Å². The average molecular weight is 231 g/mol. The molecule has 1 atom stereocenters. The summed E-state index contributed by atoms with van der Waals surface area (Å²) in [7, 11) is 0. The molecule has 0 fully saturated rings. The molecule has 1 aliphatic rings. The molecule has 0 amide bonds. The van der Waals surface area contributed by atoms with Crippen molar-refractivity contribution in [3.8, 4) is 23.8 Å². The van der Waals surface area contributed by atoms with Crippen molar-refractivity contribution in [1.82, 2.24) is 5.32 Å². The van der Waals surface area contributed by atoms with Crippen LogP contribution in [0.5, 0.6) is 11.5 Å². The highest BCUT2D eigenvalue weighted by Crippen LogP contribution is 2.35. The molecule has 1 N–H and O–H groups in total. The lowest BCUT2D eigenvalue weighted by Crippen LogP contribution is -2.26. The van der Waals surface area contributed by atoms with Crippen molar-refractivity contribution in [2.24, 2.45) is 0 Å². The van der Waals surface area contributed by atoms with E-state index in [4.69, 9.17) is 15.9 Å². The lowest BCUT2D eigenvalue weighted by Gasteiger charge is -2.12. The quantitative estimate of drug-likeness (QED) is 0.789. The Balaban J connectivity index is 2.00. The molecule has 3 nitrogen and oxygen atoms in total. The first kappa shape index (κ1) is 11.8. The largest absolute Gasteiger partial charge is 0.454 e. The van der Waals surface area contributed by atoms with Crippen LogP contribution in [0.1, 0.15) is 25.3 Å². The molecule has 0 saturated carbocycles. The van der Waals surface area contributed by atoms with Gasteiger partial charge < -0.3 is 9.47 Å². The Hall–Kier alpha value is -1.66. The number of fused-ring (bicyclic) bond motifs is 1. The van der Waals surface area contributed by atoms with Gasteiger partial charge in [0.1, 0.15) is 0 Å². The molecule has 0 radical (unpaired) electrons. The third-order valence-corrected chi connectivity index (χ3v) is 2.80. The lowest BCUT2D eigenvalue weighted by atomic mass is 10.1. The predicted molar refractivity (Wildman–Crippen MR) is 66.9 cm³/mol. The first-order chi connectivity index (χ1) is 8.35. The molecule has 17 heavy (non-hydrogen) atoms. The lowest BCUT2D eigenvalue weighted by molar-refractivity contribution is 0.173. The summed E-state index contributed by atoms with van der Waals surface area (Å²) >= 11 is 0. The summed E-state index contributed by atoms with van der Waals surface area (Å²) < 4.78 is 10.8. The van der Waals surface area contributed by atoms with Gasteiger partial charge in [0.2, 0.25) is 6.79 Å². The highest BCUT2D eigenvalue weighted by atomic mass is 16.7. The summed E-state index contributed by atoms with van der Waals surface area (Å²) in [5, 5.41) is 3.34. The minimum atomic E-state index is 0.123. The number of hydrogen-bond donors (Lipinski definition) is 1. The summed E-state index contributed by atoms with van der Waals surface area (Å²) in [5.74, 6) is 4.41. The molecule has 0 aromatic heterocycles. The van der Waals surface area contributed by atoms with Crippen LogP contribution in [0, 0.1) is 12.3 Å². The highest BCUT2D eigenvalue weighted by molar-refractivity contribution is 5.48. The molecule has 0 saturated heterocycles. The normalized spacial score (nSPS) is 14.4. The molecule has 0 spiro atoms. The number of terminal acetylenes is 1. The zero-order valence-electron chi connectivity index (χ0n) is 10.0. The average Bonchev–Trinajstić information content (AvgIpc) is 2.83. The maximum atomic E-state index is 5.47. The summed E-state index contributed by atoms with van der Waals surface area (Å²) in [6.07, 6.45) is 7.53. The minimum absolute atomic E-state index is 0.123. The molecular weight excluding hydrogens is 214 g/mol. The van der Waals surface area contributed by atoms with E-state index in [-0.39, 0.29) is 6.04 Å². The Kier molecular flexibility index (Phi) is 3.89. The van der Waals surface area contributed by atoms with Gasteiger partial charge in [-0.25, -0.2) is 0 Å². The molecular formula is C14H17NO2. The fourth-order valence-electron chi connectivity index (χ4n) is 1.90. The second kappa shape index (κ2) is 5.60. The van der Waals surface area contributed by atoms with Crippen LogP contribution in [0.15, 0.2) is 18.2 Å². The second-order valence-electron chi connectivity index (χ2n) is 4.04. The van der Waals surface area contributed by atoms with Crippen molar-refractivity contribution < 1.29 is 9.47 Å². The van der Waals surface area contributed by atoms with Crippen LogP contribution in [-0.4, -0.2) is 12.8 Å². The Labute approximate surface area is 102 Å². The van der Waals surface area contributed by atoms with E-state index in [0.29, 0.717) is 13.3 Å². The molecule has 1 aromatic rings. The summed E-state index contributed by atoms with van der Waals surface area (Å²) in [5.41, 5.74) is 1.09. The van der Waals surface area contributed by atoms with Gasteiger partial charge >= 0.3 is 0 Å². The van der Waals surface area contributed by atoms with Gasteiger partial charge in [-0.2, -0.15) is 0 Å². The van der Waals surface area contributed by atoms with E-state index < -0.39 is 0 Å². The maximum Gasteiger partial charge on any atom is 0.231 e. The highest BCUT2D eigenvalue weighted by Gasteiger charge is 2.17. The molecule has 0 bridgehead atoms. The van der Waals surface area contributed by atoms with Crippen LogP contribution in [0.2, 0.25) is 0 Å². The van der Waals surface area contributed by atoms with Crippen LogP contribution < -0.4 is 14.8 Å². The standard InChI is InChI=1S/C14H17NO2/c1-3-6-12(4-2)15-9-11-7-5-8-13-14(11)17-10-16-13/h2,5,7-8,12,15H,3,6,9-10H2,1H3. The fourth-order valence-corrected chi connectivity index (χ4v) is 1.90. The fraction of sp³-hybridized carbons (Fsp3) is 0.429. The van der Waals surface area contributed by atoms with E-state index in [9.17, 15) is 0 Å². The van der Waals surface area contributed by atoms with Crippen LogP contribution >= 0.6 is 0 Å². The van der Waals surface area contributed by atoms with Crippen LogP contribution in [0.25, 0.3) is 0 Å². The van der Waals surface area contributed by atoms with Crippen molar-refractivity contribution in [3.05, 3.63) is 23.8 Å². The van der Waals surface area contributed by atoms with Gasteiger partial charge in [0.25, 0.3) is 0 Å². The number of ether oxygens (including phenoxy) is 2. The van der Waals surface area contributed by atoms with E-state index in [0.717, 1.165) is 29.9 Å². The van der Waals surface area contributed by atoms with Gasteiger partial charge in [-0.1, -0.05) is 31.4 Å². The van der Waals surface area contributed by atoms with Gasteiger partial charge in [-0.3, -0.25) is 5.32 Å². The van der Waals surface area contributed by atoms with Crippen molar-refractivity contribution in [2.75, 3.05) is 6.79 Å². The first-order valence-electron chi connectivity index (χ1n) is 5.92. The SMILES string of the molecule is C#CC(CCC)NCc1cccc2c1OCO2. The van der Waals surface area contributed by atoms with E-state index in [1.54, 1.807) is 0 Å². The predicted octanol–water partition coefficient (Wildman–Crippen LogP) is 2.31. The smallest absolute Gasteiger partial charge is 0.231 e. The maximum absolute atomic E-state index is 5.47. The van der Waals surface area contributed by atoms with Gasteiger partial charge in [-0.05, 0) is 12.5 Å². The topological polar surface area (TPSA) is 30.5 Å². The van der Waals surface area contributed by atoms with Crippen molar-refractivity contribution >= 4 is 0 Å². The number of para-hydroxylation sites is 1. The molecule has 2 rings (SSSR count). The molecule has 1 heterocycles. The molecule has 1 aromatic carbocycles. The minimum Gasteiger partial charge on any atom is -0.454 e. The van der Waals surface area contributed by atoms with Gasteiger partial charge in [0.05, 0.1) is 6.04 Å².